The molecule has 0 radical (unpaired) electrons. The second-order valence-electron chi connectivity index (χ2n) is 6.45. The van der Waals surface area contributed by atoms with Gasteiger partial charge in [0.15, 0.2) is 0 Å². The summed E-state index contributed by atoms with van der Waals surface area (Å²) in [4.78, 5) is 26.5. The quantitative estimate of drug-likeness (QED) is 0.927. The smallest absolute Gasteiger partial charge is 0.232 e. The van der Waals surface area contributed by atoms with Gasteiger partial charge in [-0.3, -0.25) is 9.59 Å². The van der Waals surface area contributed by atoms with E-state index in [1.807, 2.05) is 50.2 Å². The van der Waals surface area contributed by atoms with Crippen molar-refractivity contribution in [2.24, 2.45) is 0 Å². The number of benzene rings is 2. The summed E-state index contributed by atoms with van der Waals surface area (Å²) >= 11 is 0. The molecule has 1 N–H and O–H groups in total. The van der Waals surface area contributed by atoms with Crippen LogP contribution in [0.1, 0.15) is 31.7 Å². The number of anilines is 2. The highest BCUT2D eigenvalue weighted by molar-refractivity contribution is 6.05. The van der Waals surface area contributed by atoms with Crippen LogP contribution in [0.3, 0.4) is 0 Å². The predicted molar refractivity (Wildman–Crippen MR) is 98.0 cm³/mol. The number of nitrogens with one attached hydrogen (secondary N) is 1. The molecule has 0 saturated carbocycles. The van der Waals surface area contributed by atoms with Crippen LogP contribution in [0.4, 0.5) is 11.4 Å². The lowest BCUT2D eigenvalue weighted by molar-refractivity contribution is -0.124. The first-order valence-electron chi connectivity index (χ1n) is 8.39. The number of carbonyl (C=O) groups is 2. The van der Waals surface area contributed by atoms with E-state index >= 15 is 0 Å². The molecule has 0 fully saturated rings. The Balaban J connectivity index is 1.77. The van der Waals surface area contributed by atoms with Crippen LogP contribution >= 0.6 is 0 Å². The summed E-state index contributed by atoms with van der Waals surface area (Å²) in [7, 11) is 1.74. The third kappa shape index (κ3) is 3.65. The summed E-state index contributed by atoms with van der Waals surface area (Å²) in [5.41, 5.74) is 2.35. The van der Waals surface area contributed by atoms with Gasteiger partial charge in [0.25, 0.3) is 0 Å². The maximum absolute atomic E-state index is 12.7. The van der Waals surface area contributed by atoms with Crippen molar-refractivity contribution in [1.82, 2.24) is 0 Å². The summed E-state index contributed by atoms with van der Waals surface area (Å²) in [5.74, 6) is 0.0465. The van der Waals surface area contributed by atoms with E-state index in [1.165, 1.54) is 0 Å². The number of hydrogen-bond donors (Lipinski definition) is 1. The molecule has 25 heavy (non-hydrogen) atoms. The predicted octanol–water partition coefficient (Wildman–Crippen LogP) is 3.56. The second-order valence-corrected chi connectivity index (χ2v) is 6.45. The number of rotatable bonds is 4. The average Bonchev–Trinajstić information content (AvgIpc) is 2.59. The molecule has 0 aromatic heterocycles. The maximum atomic E-state index is 12.7. The molecule has 1 aliphatic rings. The van der Waals surface area contributed by atoms with E-state index in [-0.39, 0.29) is 24.3 Å². The molecule has 1 unspecified atom stereocenters. The third-order valence-corrected chi connectivity index (χ3v) is 4.24. The van der Waals surface area contributed by atoms with E-state index < -0.39 is 5.92 Å². The molecule has 3 rings (SSSR count). The molecule has 2 aromatic rings. The van der Waals surface area contributed by atoms with Crippen molar-refractivity contribution in [2.75, 3.05) is 17.3 Å². The fourth-order valence-corrected chi connectivity index (χ4v) is 3.00. The molecule has 0 spiro atoms. The summed E-state index contributed by atoms with van der Waals surface area (Å²) in [5, 5.41) is 2.90. The van der Waals surface area contributed by atoms with Crippen LogP contribution in [-0.2, 0) is 9.59 Å². The highest BCUT2D eigenvalue weighted by Gasteiger charge is 2.33. The van der Waals surface area contributed by atoms with Gasteiger partial charge in [0.05, 0.1) is 12.0 Å². The molecule has 1 atom stereocenters. The van der Waals surface area contributed by atoms with Crippen molar-refractivity contribution in [3.05, 3.63) is 54.1 Å². The number of nitrogens with zero attached hydrogens (tertiary/aromatic N) is 1. The largest absolute Gasteiger partial charge is 0.491 e. The highest BCUT2D eigenvalue weighted by atomic mass is 16.5. The van der Waals surface area contributed by atoms with Crippen molar-refractivity contribution in [3.8, 4) is 5.75 Å². The lowest BCUT2D eigenvalue weighted by Gasteiger charge is -2.30. The lowest BCUT2D eigenvalue weighted by Crippen LogP contribution is -2.37. The summed E-state index contributed by atoms with van der Waals surface area (Å²) in [6, 6.07) is 14.8. The fraction of sp³-hybridized carbons (Fsp3) is 0.300. The Morgan fingerprint density at radius 1 is 1.16 bits per heavy atom. The van der Waals surface area contributed by atoms with Gasteiger partial charge in [0.2, 0.25) is 11.8 Å². The minimum Gasteiger partial charge on any atom is -0.491 e. The van der Waals surface area contributed by atoms with Gasteiger partial charge in [-0.1, -0.05) is 18.2 Å². The minimum atomic E-state index is -0.480. The third-order valence-electron chi connectivity index (χ3n) is 4.24. The number of carbonyl (C=O) groups excluding carboxylic acids is 2. The zero-order chi connectivity index (χ0) is 18.0. The Morgan fingerprint density at radius 2 is 1.84 bits per heavy atom. The Bertz CT molecular complexity index is 784. The Morgan fingerprint density at radius 3 is 2.52 bits per heavy atom. The molecule has 1 heterocycles. The average molecular weight is 338 g/mol. The van der Waals surface area contributed by atoms with E-state index in [4.69, 9.17) is 4.74 Å². The first kappa shape index (κ1) is 17.0. The van der Waals surface area contributed by atoms with Crippen molar-refractivity contribution < 1.29 is 14.3 Å². The molecule has 0 saturated heterocycles. The fourth-order valence-electron chi connectivity index (χ4n) is 3.00. The number of ether oxygens (including phenoxy) is 1. The van der Waals surface area contributed by atoms with Crippen LogP contribution in [0.2, 0.25) is 0 Å². The minimum absolute atomic E-state index is 0.0560. The van der Waals surface area contributed by atoms with Gasteiger partial charge in [0.1, 0.15) is 5.75 Å². The summed E-state index contributed by atoms with van der Waals surface area (Å²) in [6.07, 6.45) is 0.274. The number of para-hydroxylation sites is 1. The SMILES string of the molecule is CC(C)Oc1ccc(NC(=O)C2CC(=O)N(C)c3ccccc32)cc1. The number of fused-ring (bicyclic) bond motifs is 1. The van der Waals surface area contributed by atoms with Crippen LogP contribution < -0.4 is 15.0 Å². The van der Waals surface area contributed by atoms with Gasteiger partial charge in [-0.2, -0.15) is 0 Å². The monoisotopic (exact) mass is 338 g/mol. The maximum Gasteiger partial charge on any atom is 0.232 e. The van der Waals surface area contributed by atoms with Crippen LogP contribution in [-0.4, -0.2) is 25.0 Å². The lowest BCUT2D eigenvalue weighted by atomic mass is 9.89. The molecule has 1 aliphatic heterocycles. The Kier molecular flexibility index (Phi) is 4.74. The van der Waals surface area contributed by atoms with Crippen LogP contribution in [0.15, 0.2) is 48.5 Å². The van der Waals surface area contributed by atoms with Crippen molar-refractivity contribution in [1.29, 1.82) is 0 Å². The van der Waals surface area contributed by atoms with Crippen LogP contribution in [0.5, 0.6) is 5.75 Å². The molecule has 2 aromatic carbocycles. The second kappa shape index (κ2) is 6.97. The molecule has 5 heteroatoms. The van der Waals surface area contributed by atoms with E-state index in [2.05, 4.69) is 5.32 Å². The zero-order valence-corrected chi connectivity index (χ0v) is 14.7. The number of amides is 2. The first-order chi connectivity index (χ1) is 12.0. The van der Waals surface area contributed by atoms with Crippen LogP contribution in [0.25, 0.3) is 0 Å². The zero-order valence-electron chi connectivity index (χ0n) is 14.7. The molecule has 0 bridgehead atoms. The molecule has 5 nitrogen and oxygen atoms in total. The number of hydrogen-bond acceptors (Lipinski definition) is 3. The molecule has 0 aliphatic carbocycles. The van der Waals surface area contributed by atoms with E-state index in [0.717, 1.165) is 17.0 Å². The van der Waals surface area contributed by atoms with Gasteiger partial charge in [-0.05, 0) is 49.7 Å². The van der Waals surface area contributed by atoms with Crippen LogP contribution in [0, 0.1) is 0 Å². The van der Waals surface area contributed by atoms with Crippen molar-refractivity contribution in [2.45, 2.75) is 32.3 Å². The van der Waals surface area contributed by atoms with Crippen molar-refractivity contribution >= 4 is 23.2 Å². The Labute approximate surface area is 147 Å². The molecular weight excluding hydrogens is 316 g/mol. The van der Waals surface area contributed by atoms with E-state index in [1.54, 1.807) is 24.1 Å². The normalized spacial score (nSPS) is 16.6. The summed E-state index contributed by atoms with van der Waals surface area (Å²) in [6.45, 7) is 3.93. The van der Waals surface area contributed by atoms with Gasteiger partial charge in [0, 0.05) is 24.8 Å². The standard InChI is InChI=1S/C20H22N2O3/c1-13(2)25-15-10-8-14(9-11-15)21-20(24)17-12-19(23)22(3)18-7-5-4-6-16(17)18/h4-11,13,17H,12H2,1-3H3,(H,21,24). The van der Waals surface area contributed by atoms with E-state index in [9.17, 15) is 9.59 Å². The van der Waals surface area contributed by atoms with E-state index in [0.29, 0.717) is 5.69 Å². The van der Waals surface area contributed by atoms with Gasteiger partial charge in [-0.25, -0.2) is 0 Å². The molecular formula is C20H22N2O3. The topological polar surface area (TPSA) is 58.6 Å². The highest BCUT2D eigenvalue weighted by Crippen LogP contribution is 2.35. The van der Waals surface area contributed by atoms with Gasteiger partial charge >= 0.3 is 0 Å². The molecule has 2 amide bonds. The van der Waals surface area contributed by atoms with Gasteiger partial charge < -0.3 is 15.0 Å². The van der Waals surface area contributed by atoms with Crippen molar-refractivity contribution in [3.63, 3.8) is 0 Å². The Hall–Kier alpha value is -2.82. The van der Waals surface area contributed by atoms with Gasteiger partial charge in [-0.15, -0.1) is 0 Å². The molecule has 130 valence electrons. The first-order valence-corrected chi connectivity index (χ1v) is 8.39. The summed E-state index contributed by atoms with van der Waals surface area (Å²) < 4.78 is 5.60.